The van der Waals surface area contributed by atoms with Crippen molar-refractivity contribution in [3.05, 3.63) is 75.3 Å². The molecular weight excluding hydrogens is 446 g/mol. The van der Waals surface area contributed by atoms with Crippen molar-refractivity contribution in [2.24, 2.45) is 5.10 Å². The standard InChI is InChI=1S/C20H18ClN3O4S2/c1-2-30(26,27)23-14-6-3-5-13(11-14)15-12-16(17-8-9-19(21)28-17)24(22-15)20(25)18-7-4-10-29-18/h3-11,16,23H,2,12H2,1H3. The molecular formula is C20H18ClN3O4S2. The van der Waals surface area contributed by atoms with Crippen molar-refractivity contribution in [3.63, 3.8) is 0 Å². The van der Waals surface area contributed by atoms with Crippen LogP contribution in [0.1, 0.15) is 40.4 Å². The molecule has 30 heavy (non-hydrogen) atoms. The Morgan fingerprint density at radius 2 is 2.13 bits per heavy atom. The van der Waals surface area contributed by atoms with E-state index in [0.29, 0.717) is 28.5 Å². The largest absolute Gasteiger partial charge is 0.447 e. The number of sulfonamides is 1. The monoisotopic (exact) mass is 463 g/mol. The fraction of sp³-hybridized carbons (Fsp3) is 0.200. The van der Waals surface area contributed by atoms with Crippen molar-refractivity contribution in [1.82, 2.24) is 5.01 Å². The van der Waals surface area contributed by atoms with Gasteiger partial charge in [-0.1, -0.05) is 18.2 Å². The van der Waals surface area contributed by atoms with Gasteiger partial charge in [0.25, 0.3) is 5.91 Å². The molecule has 4 rings (SSSR count). The normalized spacial score (nSPS) is 16.5. The van der Waals surface area contributed by atoms with Crippen molar-refractivity contribution in [3.8, 4) is 0 Å². The Kier molecular flexibility index (Phi) is 5.68. The van der Waals surface area contributed by atoms with E-state index in [2.05, 4.69) is 9.82 Å². The van der Waals surface area contributed by atoms with E-state index in [0.717, 1.165) is 5.56 Å². The number of amides is 1. The van der Waals surface area contributed by atoms with Crippen molar-refractivity contribution in [2.75, 3.05) is 10.5 Å². The Bertz CT molecular complexity index is 1200. The van der Waals surface area contributed by atoms with E-state index in [-0.39, 0.29) is 16.9 Å². The van der Waals surface area contributed by atoms with Crippen molar-refractivity contribution in [2.45, 2.75) is 19.4 Å². The van der Waals surface area contributed by atoms with Crippen LogP contribution in [0.4, 0.5) is 5.69 Å². The molecule has 1 aromatic carbocycles. The molecule has 0 radical (unpaired) electrons. The molecule has 0 saturated carbocycles. The van der Waals surface area contributed by atoms with Gasteiger partial charge >= 0.3 is 0 Å². The Morgan fingerprint density at radius 1 is 1.30 bits per heavy atom. The van der Waals surface area contributed by atoms with Crippen LogP contribution < -0.4 is 4.72 Å². The van der Waals surface area contributed by atoms with E-state index in [1.54, 1.807) is 49.4 Å². The molecule has 3 heterocycles. The third-order valence-electron chi connectivity index (χ3n) is 4.62. The number of thiophene rings is 1. The Labute approximate surface area is 183 Å². The van der Waals surface area contributed by atoms with E-state index >= 15 is 0 Å². The van der Waals surface area contributed by atoms with E-state index in [1.165, 1.54) is 16.3 Å². The summed E-state index contributed by atoms with van der Waals surface area (Å²) in [5.74, 6) is 0.273. The summed E-state index contributed by atoms with van der Waals surface area (Å²) in [5.41, 5.74) is 1.81. The lowest BCUT2D eigenvalue weighted by molar-refractivity contribution is 0.0698. The zero-order valence-electron chi connectivity index (χ0n) is 15.9. The van der Waals surface area contributed by atoms with Crippen LogP contribution in [0.25, 0.3) is 0 Å². The van der Waals surface area contributed by atoms with E-state index in [9.17, 15) is 13.2 Å². The minimum atomic E-state index is -3.40. The molecule has 1 N–H and O–H groups in total. The van der Waals surface area contributed by atoms with Gasteiger partial charge < -0.3 is 4.42 Å². The van der Waals surface area contributed by atoms with E-state index < -0.39 is 16.1 Å². The van der Waals surface area contributed by atoms with Crippen LogP contribution in [-0.2, 0) is 10.0 Å². The number of rotatable bonds is 6. The predicted octanol–water partition coefficient (Wildman–Crippen LogP) is 4.75. The van der Waals surface area contributed by atoms with Gasteiger partial charge in [0, 0.05) is 12.1 Å². The first-order valence-corrected chi connectivity index (χ1v) is 12.1. The number of nitrogens with zero attached hydrogens (tertiary/aromatic N) is 2. The lowest BCUT2D eigenvalue weighted by atomic mass is 10.0. The second kappa shape index (κ2) is 8.25. The van der Waals surface area contributed by atoms with Crippen molar-refractivity contribution < 1.29 is 17.6 Å². The predicted molar refractivity (Wildman–Crippen MR) is 118 cm³/mol. The first-order valence-electron chi connectivity index (χ1n) is 9.17. The maximum Gasteiger partial charge on any atom is 0.284 e. The smallest absolute Gasteiger partial charge is 0.284 e. The topological polar surface area (TPSA) is 92.0 Å². The summed E-state index contributed by atoms with van der Waals surface area (Å²) in [6.07, 6.45) is 0.408. The highest BCUT2D eigenvalue weighted by atomic mass is 35.5. The number of carbonyl (C=O) groups excluding carboxylic acids is 1. The third kappa shape index (κ3) is 4.28. The molecule has 0 aliphatic carbocycles. The number of hydrogen-bond donors (Lipinski definition) is 1. The molecule has 7 nitrogen and oxygen atoms in total. The van der Waals surface area contributed by atoms with Crippen LogP contribution in [0.2, 0.25) is 5.22 Å². The van der Waals surface area contributed by atoms with Crippen LogP contribution in [0.3, 0.4) is 0 Å². The highest BCUT2D eigenvalue weighted by molar-refractivity contribution is 7.92. The van der Waals surface area contributed by atoms with Crippen LogP contribution in [0.5, 0.6) is 0 Å². The van der Waals surface area contributed by atoms with Crippen molar-refractivity contribution in [1.29, 1.82) is 0 Å². The highest BCUT2D eigenvalue weighted by Crippen LogP contribution is 2.36. The lowest BCUT2D eigenvalue weighted by Gasteiger charge is -2.19. The number of hydrogen-bond acceptors (Lipinski definition) is 6. The highest BCUT2D eigenvalue weighted by Gasteiger charge is 2.36. The molecule has 10 heteroatoms. The number of anilines is 1. The van der Waals surface area contributed by atoms with Gasteiger partial charge in [0.05, 0.1) is 16.3 Å². The van der Waals surface area contributed by atoms with Crippen LogP contribution in [0, 0.1) is 0 Å². The third-order valence-corrected chi connectivity index (χ3v) is 6.99. The molecule has 0 saturated heterocycles. The summed E-state index contributed by atoms with van der Waals surface area (Å²) in [5, 5.41) is 8.03. The number of nitrogens with one attached hydrogen (secondary N) is 1. The summed E-state index contributed by atoms with van der Waals surface area (Å²) in [6, 6.07) is 13.4. The first-order chi connectivity index (χ1) is 14.4. The molecule has 0 bridgehead atoms. The van der Waals surface area contributed by atoms with E-state index in [4.69, 9.17) is 16.0 Å². The molecule has 1 aliphatic heterocycles. The Hall–Kier alpha value is -2.62. The molecule has 1 aliphatic rings. The zero-order chi connectivity index (χ0) is 21.3. The molecule has 156 valence electrons. The fourth-order valence-corrected chi connectivity index (χ4v) is 4.57. The Morgan fingerprint density at radius 3 is 2.80 bits per heavy atom. The van der Waals surface area contributed by atoms with Crippen LogP contribution >= 0.6 is 22.9 Å². The van der Waals surface area contributed by atoms with Crippen molar-refractivity contribution >= 4 is 50.3 Å². The molecule has 1 amide bonds. The number of benzene rings is 1. The molecule has 0 fully saturated rings. The first kappa shape index (κ1) is 20.6. The number of hydrazone groups is 1. The van der Waals surface area contributed by atoms with Gasteiger partial charge in [-0.2, -0.15) is 5.10 Å². The lowest BCUT2D eigenvalue weighted by Crippen LogP contribution is -2.26. The molecule has 0 spiro atoms. The Balaban J connectivity index is 1.68. The zero-order valence-corrected chi connectivity index (χ0v) is 18.3. The maximum atomic E-state index is 13.0. The second-order valence-electron chi connectivity index (χ2n) is 6.62. The number of carbonyl (C=O) groups is 1. The van der Waals surface area contributed by atoms with Gasteiger partial charge in [0.1, 0.15) is 11.8 Å². The number of furan rings is 1. The average molecular weight is 464 g/mol. The summed E-state index contributed by atoms with van der Waals surface area (Å²) in [6.45, 7) is 1.57. The van der Waals surface area contributed by atoms with Gasteiger partial charge in [0.2, 0.25) is 10.0 Å². The fourth-order valence-electron chi connectivity index (χ4n) is 3.13. The summed E-state index contributed by atoms with van der Waals surface area (Å²) >= 11 is 7.28. The van der Waals surface area contributed by atoms with Gasteiger partial charge in [-0.25, -0.2) is 13.4 Å². The summed E-state index contributed by atoms with van der Waals surface area (Å²) in [4.78, 5) is 13.6. The second-order valence-corrected chi connectivity index (χ2v) is 9.95. The quantitative estimate of drug-likeness (QED) is 0.571. The summed E-state index contributed by atoms with van der Waals surface area (Å²) in [7, 11) is -3.40. The molecule has 3 aromatic rings. The minimum Gasteiger partial charge on any atom is -0.447 e. The average Bonchev–Trinajstić information content (AvgIpc) is 3.47. The summed E-state index contributed by atoms with van der Waals surface area (Å²) < 4.78 is 31.9. The van der Waals surface area contributed by atoms with Gasteiger partial charge in [-0.3, -0.25) is 9.52 Å². The maximum absolute atomic E-state index is 13.0. The minimum absolute atomic E-state index is 0.0252. The molecule has 1 unspecified atom stereocenters. The van der Waals surface area contributed by atoms with Gasteiger partial charge in [-0.15, -0.1) is 11.3 Å². The molecule has 2 aromatic heterocycles. The van der Waals surface area contributed by atoms with Gasteiger partial charge in [0.15, 0.2) is 5.22 Å². The molecule has 1 atom stereocenters. The van der Waals surface area contributed by atoms with Crippen LogP contribution in [-0.4, -0.2) is 30.8 Å². The van der Waals surface area contributed by atoms with E-state index in [1.807, 2.05) is 11.4 Å². The van der Waals surface area contributed by atoms with Gasteiger partial charge in [-0.05, 0) is 59.8 Å². The van der Waals surface area contributed by atoms with Crippen LogP contribution in [0.15, 0.2) is 63.4 Å². The SMILES string of the molecule is CCS(=O)(=O)Nc1cccc(C2=NN(C(=O)c3cccs3)C(c3ccc(Cl)o3)C2)c1. The number of halogens is 1.